The van der Waals surface area contributed by atoms with Gasteiger partial charge in [-0.05, 0) is 18.9 Å². The van der Waals surface area contributed by atoms with Gasteiger partial charge in [-0.25, -0.2) is 0 Å². The van der Waals surface area contributed by atoms with Gasteiger partial charge >= 0.3 is 0 Å². The summed E-state index contributed by atoms with van der Waals surface area (Å²) in [5.74, 6) is 0. The van der Waals surface area contributed by atoms with Crippen molar-refractivity contribution >= 4 is 11.4 Å². The topological polar surface area (TPSA) is 50.9 Å². The van der Waals surface area contributed by atoms with Gasteiger partial charge in [0.25, 0.3) is 0 Å². The Kier molecular flexibility index (Phi) is 1.42. The number of nitrogen functional groups attached to an aromatic ring is 1. The van der Waals surface area contributed by atoms with E-state index < -0.39 is 0 Å². The fourth-order valence-corrected chi connectivity index (χ4v) is 0.973. The standard InChI is InChI=1S/C8H11N3/c9-7-3-4-10-5-8(7)11-6-1-2-6/h3-6,11H,1-2H2,(H2,9,10). The fourth-order valence-electron chi connectivity index (χ4n) is 0.973. The van der Waals surface area contributed by atoms with Crippen LogP contribution < -0.4 is 11.1 Å². The van der Waals surface area contributed by atoms with E-state index in [1.807, 2.05) is 6.07 Å². The zero-order chi connectivity index (χ0) is 7.68. The molecule has 0 aliphatic heterocycles. The summed E-state index contributed by atoms with van der Waals surface area (Å²) < 4.78 is 0. The molecule has 0 bridgehead atoms. The highest BCUT2D eigenvalue weighted by atomic mass is 15.0. The van der Waals surface area contributed by atoms with Crippen molar-refractivity contribution in [3.8, 4) is 0 Å². The second-order valence-corrected chi connectivity index (χ2v) is 2.88. The highest BCUT2D eigenvalue weighted by molar-refractivity contribution is 5.64. The van der Waals surface area contributed by atoms with Gasteiger partial charge in [0.15, 0.2) is 0 Å². The molecule has 0 saturated heterocycles. The van der Waals surface area contributed by atoms with E-state index in [0.717, 1.165) is 11.4 Å². The van der Waals surface area contributed by atoms with Gasteiger partial charge in [-0.2, -0.15) is 0 Å². The number of anilines is 2. The Morgan fingerprint density at radius 1 is 1.55 bits per heavy atom. The van der Waals surface area contributed by atoms with Crippen molar-refractivity contribution in [3.05, 3.63) is 18.5 Å². The lowest BCUT2D eigenvalue weighted by molar-refractivity contribution is 1.14. The summed E-state index contributed by atoms with van der Waals surface area (Å²) in [5.41, 5.74) is 7.45. The lowest BCUT2D eigenvalue weighted by atomic mass is 10.3. The van der Waals surface area contributed by atoms with Crippen LogP contribution in [0.2, 0.25) is 0 Å². The van der Waals surface area contributed by atoms with E-state index in [1.165, 1.54) is 12.8 Å². The lowest BCUT2D eigenvalue weighted by Crippen LogP contribution is -2.03. The van der Waals surface area contributed by atoms with Crippen molar-refractivity contribution in [1.82, 2.24) is 4.98 Å². The van der Waals surface area contributed by atoms with Gasteiger partial charge in [0.2, 0.25) is 0 Å². The third kappa shape index (κ3) is 1.42. The molecule has 0 spiro atoms. The minimum Gasteiger partial charge on any atom is -0.397 e. The first-order chi connectivity index (χ1) is 5.36. The van der Waals surface area contributed by atoms with Crippen molar-refractivity contribution < 1.29 is 0 Å². The Labute approximate surface area is 65.6 Å². The molecule has 1 aromatic heterocycles. The molecule has 1 fully saturated rings. The smallest absolute Gasteiger partial charge is 0.0762 e. The number of hydrogen-bond donors (Lipinski definition) is 2. The van der Waals surface area contributed by atoms with Crippen molar-refractivity contribution in [2.24, 2.45) is 0 Å². The first-order valence-electron chi connectivity index (χ1n) is 3.82. The molecule has 1 aliphatic rings. The molecule has 2 rings (SSSR count). The Morgan fingerprint density at radius 3 is 3.00 bits per heavy atom. The summed E-state index contributed by atoms with van der Waals surface area (Å²) in [6.45, 7) is 0. The quantitative estimate of drug-likeness (QED) is 0.665. The summed E-state index contributed by atoms with van der Waals surface area (Å²) in [6.07, 6.45) is 5.99. The van der Waals surface area contributed by atoms with Crippen LogP contribution in [-0.2, 0) is 0 Å². The van der Waals surface area contributed by atoms with Crippen LogP contribution in [0.5, 0.6) is 0 Å². The number of nitrogens with zero attached hydrogens (tertiary/aromatic N) is 1. The number of hydrogen-bond acceptors (Lipinski definition) is 3. The van der Waals surface area contributed by atoms with Crippen LogP contribution in [0.4, 0.5) is 11.4 Å². The van der Waals surface area contributed by atoms with E-state index in [-0.39, 0.29) is 0 Å². The van der Waals surface area contributed by atoms with E-state index in [2.05, 4.69) is 10.3 Å². The molecule has 0 radical (unpaired) electrons. The molecule has 1 aromatic rings. The van der Waals surface area contributed by atoms with Crippen LogP contribution in [0.3, 0.4) is 0 Å². The van der Waals surface area contributed by atoms with Gasteiger partial charge in [-0.1, -0.05) is 0 Å². The molecule has 0 unspecified atom stereocenters. The van der Waals surface area contributed by atoms with E-state index in [4.69, 9.17) is 5.73 Å². The van der Waals surface area contributed by atoms with E-state index in [9.17, 15) is 0 Å². The van der Waals surface area contributed by atoms with E-state index >= 15 is 0 Å². The Bertz CT molecular complexity index is 255. The summed E-state index contributed by atoms with van der Waals surface area (Å²) in [4.78, 5) is 3.98. The third-order valence-electron chi connectivity index (χ3n) is 1.79. The van der Waals surface area contributed by atoms with Crippen molar-refractivity contribution in [2.45, 2.75) is 18.9 Å². The summed E-state index contributed by atoms with van der Waals surface area (Å²) in [7, 11) is 0. The van der Waals surface area contributed by atoms with Crippen LogP contribution in [0.1, 0.15) is 12.8 Å². The Balaban J connectivity index is 2.15. The van der Waals surface area contributed by atoms with E-state index in [0.29, 0.717) is 6.04 Å². The molecular formula is C8H11N3. The molecule has 1 heterocycles. The minimum absolute atomic E-state index is 0.640. The van der Waals surface area contributed by atoms with Gasteiger partial charge in [0.05, 0.1) is 17.6 Å². The predicted octanol–water partition coefficient (Wildman–Crippen LogP) is 1.24. The summed E-state index contributed by atoms with van der Waals surface area (Å²) in [6, 6.07) is 2.45. The molecule has 11 heavy (non-hydrogen) atoms. The van der Waals surface area contributed by atoms with Gasteiger partial charge in [0.1, 0.15) is 0 Å². The SMILES string of the molecule is Nc1ccncc1NC1CC1. The van der Waals surface area contributed by atoms with Gasteiger partial charge in [-0.3, -0.25) is 4.98 Å². The largest absolute Gasteiger partial charge is 0.397 e. The molecular weight excluding hydrogens is 138 g/mol. The molecule has 1 aliphatic carbocycles. The van der Waals surface area contributed by atoms with Gasteiger partial charge in [0, 0.05) is 12.2 Å². The molecule has 3 heteroatoms. The van der Waals surface area contributed by atoms with Crippen molar-refractivity contribution in [1.29, 1.82) is 0 Å². The molecule has 58 valence electrons. The molecule has 3 N–H and O–H groups in total. The highest BCUT2D eigenvalue weighted by Crippen LogP contribution is 2.26. The predicted molar refractivity (Wildman–Crippen MR) is 45.3 cm³/mol. The number of aromatic nitrogens is 1. The van der Waals surface area contributed by atoms with Gasteiger partial charge < -0.3 is 11.1 Å². The lowest BCUT2D eigenvalue weighted by Gasteiger charge is -2.05. The molecule has 0 atom stereocenters. The zero-order valence-corrected chi connectivity index (χ0v) is 6.25. The van der Waals surface area contributed by atoms with Crippen LogP contribution in [-0.4, -0.2) is 11.0 Å². The van der Waals surface area contributed by atoms with Crippen molar-refractivity contribution in [3.63, 3.8) is 0 Å². The minimum atomic E-state index is 0.640. The molecule has 1 saturated carbocycles. The number of nitrogens with one attached hydrogen (secondary N) is 1. The number of pyridine rings is 1. The maximum atomic E-state index is 5.69. The second-order valence-electron chi connectivity index (χ2n) is 2.88. The number of rotatable bonds is 2. The van der Waals surface area contributed by atoms with E-state index in [1.54, 1.807) is 12.4 Å². The monoisotopic (exact) mass is 149 g/mol. The van der Waals surface area contributed by atoms with Crippen LogP contribution in [0, 0.1) is 0 Å². The normalized spacial score (nSPS) is 16.4. The first-order valence-corrected chi connectivity index (χ1v) is 3.82. The maximum absolute atomic E-state index is 5.69. The Hall–Kier alpha value is -1.25. The molecule has 0 aromatic carbocycles. The zero-order valence-electron chi connectivity index (χ0n) is 6.25. The third-order valence-corrected chi connectivity index (χ3v) is 1.79. The van der Waals surface area contributed by atoms with Gasteiger partial charge in [-0.15, -0.1) is 0 Å². The number of nitrogens with two attached hydrogens (primary N) is 1. The summed E-state index contributed by atoms with van der Waals surface area (Å²) >= 11 is 0. The first kappa shape index (κ1) is 6.46. The Morgan fingerprint density at radius 2 is 2.36 bits per heavy atom. The average molecular weight is 149 g/mol. The van der Waals surface area contributed by atoms with Crippen LogP contribution >= 0.6 is 0 Å². The highest BCUT2D eigenvalue weighted by Gasteiger charge is 2.21. The van der Waals surface area contributed by atoms with Crippen LogP contribution in [0.15, 0.2) is 18.5 Å². The van der Waals surface area contributed by atoms with Crippen LogP contribution in [0.25, 0.3) is 0 Å². The second kappa shape index (κ2) is 2.42. The van der Waals surface area contributed by atoms with Crippen molar-refractivity contribution in [2.75, 3.05) is 11.1 Å². The molecule has 3 nitrogen and oxygen atoms in total. The maximum Gasteiger partial charge on any atom is 0.0762 e. The fraction of sp³-hybridized carbons (Fsp3) is 0.375. The summed E-state index contributed by atoms with van der Waals surface area (Å²) in [5, 5.41) is 3.30. The average Bonchev–Trinajstić information content (AvgIpc) is 2.78. The molecule has 0 amide bonds.